The Balaban J connectivity index is 2.33. The molecule has 0 aliphatic carbocycles. The molecule has 0 saturated carbocycles. The van der Waals surface area contributed by atoms with Crippen LogP contribution in [0.25, 0.3) is 22.2 Å². The molecular weight excluding hydrogens is 220 g/mol. The molecule has 16 heavy (non-hydrogen) atoms. The van der Waals surface area contributed by atoms with Gasteiger partial charge in [0.05, 0.1) is 5.52 Å². The van der Waals surface area contributed by atoms with Gasteiger partial charge in [-0.1, -0.05) is 48.5 Å². The van der Waals surface area contributed by atoms with Crippen LogP contribution in [0.15, 0.2) is 54.6 Å². The Morgan fingerprint density at radius 3 is 2.38 bits per heavy atom. The second-order valence-electron chi connectivity index (χ2n) is 3.59. The van der Waals surface area contributed by atoms with Crippen LogP contribution in [-0.4, -0.2) is 9.30 Å². The molecule has 0 amide bonds. The number of para-hydroxylation sites is 1. The van der Waals surface area contributed by atoms with Gasteiger partial charge >= 0.3 is 0 Å². The number of halogens is 1. The van der Waals surface area contributed by atoms with E-state index in [1.165, 1.54) is 4.20 Å². The lowest BCUT2D eigenvalue weighted by Gasteiger charge is -1.95. The number of aromatic nitrogens is 2. The summed E-state index contributed by atoms with van der Waals surface area (Å²) in [6.45, 7) is 0. The summed E-state index contributed by atoms with van der Waals surface area (Å²) in [5.74, 6) is 0. The monoisotopic (exact) mass is 228 g/mol. The first-order valence-corrected chi connectivity index (χ1v) is 5.39. The summed E-state index contributed by atoms with van der Waals surface area (Å²) in [7, 11) is 0. The minimum absolute atomic E-state index is 0.922. The molecule has 3 heteroatoms. The van der Waals surface area contributed by atoms with Gasteiger partial charge in [0.15, 0.2) is 0 Å². The average molecular weight is 229 g/mol. The predicted molar refractivity (Wildman–Crippen MR) is 66.4 cm³/mol. The molecule has 0 radical (unpaired) electrons. The van der Waals surface area contributed by atoms with Crippen molar-refractivity contribution in [1.82, 2.24) is 9.30 Å². The van der Waals surface area contributed by atoms with E-state index >= 15 is 0 Å². The maximum atomic E-state index is 6.03. The first kappa shape index (κ1) is 9.43. The van der Waals surface area contributed by atoms with Crippen LogP contribution in [-0.2, 0) is 0 Å². The van der Waals surface area contributed by atoms with E-state index < -0.39 is 0 Å². The van der Waals surface area contributed by atoms with Crippen LogP contribution in [0, 0.1) is 0 Å². The summed E-state index contributed by atoms with van der Waals surface area (Å²) >= 11 is 6.03. The maximum Gasteiger partial charge on any atom is 0.102 e. The lowest BCUT2D eigenvalue weighted by Crippen LogP contribution is -1.82. The van der Waals surface area contributed by atoms with Gasteiger partial charge in [-0.05, 0) is 6.07 Å². The molecule has 2 nitrogen and oxygen atoms in total. The van der Waals surface area contributed by atoms with E-state index in [0.717, 1.165) is 22.2 Å². The lowest BCUT2D eigenvalue weighted by atomic mass is 10.1. The van der Waals surface area contributed by atoms with Crippen molar-refractivity contribution >= 4 is 22.7 Å². The maximum absolute atomic E-state index is 6.03. The summed E-state index contributed by atoms with van der Waals surface area (Å²) in [6.07, 6.45) is 0. The van der Waals surface area contributed by atoms with Gasteiger partial charge in [-0.25, -0.2) is 0 Å². The summed E-state index contributed by atoms with van der Waals surface area (Å²) < 4.78 is 1.40. The Hall–Kier alpha value is -1.80. The van der Waals surface area contributed by atoms with Crippen LogP contribution in [0.3, 0.4) is 0 Å². The fourth-order valence-electron chi connectivity index (χ4n) is 1.84. The van der Waals surface area contributed by atoms with Crippen LogP contribution in [0.5, 0.6) is 0 Å². The highest BCUT2D eigenvalue weighted by Crippen LogP contribution is 2.27. The van der Waals surface area contributed by atoms with Gasteiger partial charge in [0, 0.05) is 22.7 Å². The van der Waals surface area contributed by atoms with Crippen LogP contribution >= 0.6 is 11.8 Å². The first-order valence-electron chi connectivity index (χ1n) is 5.05. The topological polar surface area (TPSA) is 17.8 Å². The zero-order valence-corrected chi connectivity index (χ0v) is 9.22. The molecule has 0 N–H and O–H groups in total. The Morgan fingerprint density at radius 1 is 0.875 bits per heavy atom. The molecule has 1 aromatic heterocycles. The quantitative estimate of drug-likeness (QED) is 0.621. The number of benzene rings is 2. The van der Waals surface area contributed by atoms with Crippen molar-refractivity contribution in [3.05, 3.63) is 54.6 Å². The Morgan fingerprint density at radius 2 is 1.56 bits per heavy atom. The largest absolute Gasteiger partial charge is 0.171 e. The summed E-state index contributed by atoms with van der Waals surface area (Å²) in [5.41, 5.74) is 2.94. The SMILES string of the molecule is Cln1nc(-c2ccccc2)c2ccccc21. The van der Waals surface area contributed by atoms with Gasteiger partial charge in [-0.2, -0.15) is 9.30 Å². The molecule has 78 valence electrons. The molecule has 0 atom stereocenters. The van der Waals surface area contributed by atoms with Crippen molar-refractivity contribution in [2.45, 2.75) is 0 Å². The number of fused-ring (bicyclic) bond motifs is 1. The van der Waals surface area contributed by atoms with Crippen LogP contribution in [0.1, 0.15) is 0 Å². The van der Waals surface area contributed by atoms with Crippen molar-refractivity contribution in [2.75, 3.05) is 0 Å². The second kappa shape index (κ2) is 3.65. The molecule has 0 unspecified atom stereocenters. The van der Waals surface area contributed by atoms with Crippen LogP contribution in [0.2, 0.25) is 0 Å². The molecule has 0 fully saturated rings. The van der Waals surface area contributed by atoms with Crippen LogP contribution < -0.4 is 0 Å². The molecule has 3 aromatic rings. The van der Waals surface area contributed by atoms with Gasteiger partial charge in [-0.15, -0.1) is 0 Å². The number of hydrogen-bond donors (Lipinski definition) is 0. The van der Waals surface area contributed by atoms with Crippen molar-refractivity contribution in [1.29, 1.82) is 0 Å². The van der Waals surface area contributed by atoms with Crippen molar-refractivity contribution < 1.29 is 0 Å². The van der Waals surface area contributed by atoms with Gasteiger partial charge < -0.3 is 0 Å². The van der Waals surface area contributed by atoms with Gasteiger partial charge in [0.1, 0.15) is 5.69 Å². The summed E-state index contributed by atoms with van der Waals surface area (Å²) in [4.78, 5) is 0. The molecule has 0 aliphatic rings. The molecule has 3 rings (SSSR count). The van der Waals surface area contributed by atoms with Crippen molar-refractivity contribution in [2.24, 2.45) is 0 Å². The molecule has 0 saturated heterocycles. The first-order chi connectivity index (χ1) is 7.86. The minimum atomic E-state index is 0.922. The van der Waals surface area contributed by atoms with Crippen molar-refractivity contribution in [3.63, 3.8) is 0 Å². The van der Waals surface area contributed by atoms with E-state index in [1.54, 1.807) is 0 Å². The van der Waals surface area contributed by atoms with Crippen molar-refractivity contribution in [3.8, 4) is 11.3 Å². The lowest BCUT2D eigenvalue weighted by molar-refractivity contribution is 1.03. The highest BCUT2D eigenvalue weighted by Gasteiger charge is 2.09. The fraction of sp³-hybridized carbons (Fsp3) is 0. The number of hydrogen-bond acceptors (Lipinski definition) is 1. The fourth-order valence-corrected chi connectivity index (χ4v) is 2.06. The molecular formula is C13H9ClN2. The van der Waals surface area contributed by atoms with E-state index in [0.29, 0.717) is 0 Å². The van der Waals surface area contributed by atoms with E-state index in [-0.39, 0.29) is 0 Å². The molecule has 2 aromatic carbocycles. The standard InChI is InChI=1S/C13H9ClN2/c14-16-12-9-5-4-8-11(12)13(15-16)10-6-2-1-3-7-10/h1-9H. The average Bonchev–Trinajstić information content (AvgIpc) is 2.69. The second-order valence-corrected chi connectivity index (χ2v) is 3.91. The highest BCUT2D eigenvalue weighted by molar-refractivity contribution is 6.19. The van der Waals surface area contributed by atoms with Gasteiger partial charge in [0.2, 0.25) is 0 Å². The van der Waals surface area contributed by atoms with E-state index in [4.69, 9.17) is 11.8 Å². The third kappa shape index (κ3) is 1.39. The predicted octanol–water partition coefficient (Wildman–Crippen LogP) is 3.71. The number of nitrogens with zero attached hydrogens (tertiary/aromatic N) is 2. The molecule has 0 spiro atoms. The third-order valence-corrected chi connectivity index (χ3v) is 2.85. The summed E-state index contributed by atoms with van der Waals surface area (Å²) in [5, 5.41) is 5.41. The highest BCUT2D eigenvalue weighted by atomic mass is 35.5. The van der Waals surface area contributed by atoms with E-state index in [2.05, 4.69) is 5.10 Å². The van der Waals surface area contributed by atoms with E-state index in [9.17, 15) is 0 Å². The summed E-state index contributed by atoms with van der Waals surface area (Å²) in [6, 6.07) is 18.0. The van der Waals surface area contributed by atoms with Gasteiger partial charge in [0.25, 0.3) is 0 Å². The third-order valence-electron chi connectivity index (χ3n) is 2.59. The minimum Gasteiger partial charge on any atom is -0.171 e. The zero-order valence-electron chi connectivity index (χ0n) is 8.47. The molecule has 0 bridgehead atoms. The Labute approximate surface area is 98.2 Å². The molecule has 1 heterocycles. The Bertz CT molecular complexity index is 629. The van der Waals surface area contributed by atoms with Crippen LogP contribution in [0.4, 0.5) is 0 Å². The van der Waals surface area contributed by atoms with E-state index in [1.807, 2.05) is 54.6 Å². The molecule has 0 aliphatic heterocycles. The van der Waals surface area contributed by atoms with Gasteiger partial charge in [-0.3, -0.25) is 0 Å². The Kier molecular flexibility index (Phi) is 2.15. The zero-order chi connectivity index (χ0) is 11.0. The normalized spacial score (nSPS) is 10.8. The smallest absolute Gasteiger partial charge is 0.102 e. The number of rotatable bonds is 1.